The van der Waals surface area contributed by atoms with Crippen molar-refractivity contribution in [1.82, 2.24) is 0 Å². The summed E-state index contributed by atoms with van der Waals surface area (Å²) >= 11 is 0. The zero-order valence-electron chi connectivity index (χ0n) is 6.54. The lowest BCUT2D eigenvalue weighted by Crippen LogP contribution is -2.50. The lowest BCUT2D eigenvalue weighted by atomic mass is 10.0. The highest BCUT2D eigenvalue weighted by Crippen LogP contribution is 2.02. The highest BCUT2D eigenvalue weighted by atomic mass is 16.4. The zero-order valence-corrected chi connectivity index (χ0v) is 6.54. The van der Waals surface area contributed by atoms with Crippen LogP contribution in [0.25, 0.3) is 0 Å². The smallest absolute Gasteiger partial charge is 0.110 e. The molecule has 12 heavy (non-hydrogen) atoms. The molecule has 0 heterocycles. The molecular weight excluding hydrogens is 166 g/mol. The first kappa shape index (κ1) is 11.8. The molecule has 0 spiro atoms. The second-order valence-corrected chi connectivity index (χ2v) is 2.58. The van der Waals surface area contributed by atoms with E-state index in [1.807, 2.05) is 0 Å². The molecule has 0 rings (SSSR count). The predicted octanol–water partition coefficient (Wildman–Crippen LogP) is -3.62. The molecule has 0 saturated carbocycles. The maximum absolute atomic E-state index is 9.08. The van der Waals surface area contributed by atoms with Gasteiger partial charge in [-0.15, -0.1) is 0 Å². The molecule has 7 N–H and O–H groups in total. The van der Waals surface area contributed by atoms with Crippen molar-refractivity contribution < 1.29 is 25.5 Å². The number of aliphatic hydroxyl groups is 5. The van der Waals surface area contributed by atoms with Gasteiger partial charge in [0.1, 0.15) is 12.2 Å². The Morgan fingerprint density at radius 2 is 1.42 bits per heavy atom. The number of hydrogen-bond donors (Lipinski definition) is 6. The summed E-state index contributed by atoms with van der Waals surface area (Å²) in [6, 6.07) is -1.03. The van der Waals surface area contributed by atoms with E-state index in [0.717, 1.165) is 0 Å². The standard InChI is InChI=1S/C6H15NO5/c7-3(1-8)5(11)6(12)4(10)2-9/h3-6,8-12H,1-2,7H2/t3-,4-,5+,6-/m1/s1. The lowest BCUT2D eigenvalue weighted by Gasteiger charge is -2.24. The summed E-state index contributed by atoms with van der Waals surface area (Å²) in [6.45, 7) is -1.17. The van der Waals surface area contributed by atoms with Crippen LogP contribution < -0.4 is 5.73 Å². The molecule has 0 aliphatic rings. The largest absolute Gasteiger partial charge is 0.395 e. The van der Waals surface area contributed by atoms with E-state index in [1.165, 1.54) is 0 Å². The molecule has 74 valence electrons. The Labute approximate surface area is 69.9 Å². The fourth-order valence-corrected chi connectivity index (χ4v) is 0.697. The summed E-state index contributed by atoms with van der Waals surface area (Å²) < 4.78 is 0. The van der Waals surface area contributed by atoms with Crippen LogP contribution in [0.1, 0.15) is 0 Å². The molecule has 6 heteroatoms. The van der Waals surface area contributed by atoms with Crippen LogP contribution in [0.4, 0.5) is 0 Å². The predicted molar refractivity (Wildman–Crippen MR) is 40.2 cm³/mol. The molecule has 0 saturated heterocycles. The third-order valence-corrected chi connectivity index (χ3v) is 1.58. The Bertz CT molecular complexity index is 109. The average molecular weight is 181 g/mol. The van der Waals surface area contributed by atoms with Crippen molar-refractivity contribution in [1.29, 1.82) is 0 Å². The van der Waals surface area contributed by atoms with E-state index < -0.39 is 37.6 Å². The molecule has 0 aromatic rings. The van der Waals surface area contributed by atoms with Gasteiger partial charge in [-0.05, 0) is 0 Å². The quantitative estimate of drug-likeness (QED) is 0.260. The van der Waals surface area contributed by atoms with Crippen molar-refractivity contribution in [2.45, 2.75) is 24.4 Å². The number of rotatable bonds is 5. The first-order valence-corrected chi connectivity index (χ1v) is 3.56. The SMILES string of the molecule is N[C@H](CO)[C@H](O)[C@H](O)[C@H](O)CO. The van der Waals surface area contributed by atoms with Gasteiger partial charge in [-0.3, -0.25) is 0 Å². The van der Waals surface area contributed by atoms with Crippen LogP contribution in [0.15, 0.2) is 0 Å². The first-order chi connectivity index (χ1) is 5.54. The topological polar surface area (TPSA) is 127 Å². The maximum Gasteiger partial charge on any atom is 0.110 e. The van der Waals surface area contributed by atoms with Crippen molar-refractivity contribution in [3.05, 3.63) is 0 Å². The van der Waals surface area contributed by atoms with E-state index in [4.69, 9.17) is 31.3 Å². The van der Waals surface area contributed by atoms with Gasteiger partial charge in [-0.2, -0.15) is 0 Å². The van der Waals surface area contributed by atoms with Crippen LogP contribution in [0.5, 0.6) is 0 Å². The van der Waals surface area contributed by atoms with Crippen LogP contribution in [0, 0.1) is 0 Å². The first-order valence-electron chi connectivity index (χ1n) is 3.56. The molecule has 0 amide bonds. The minimum Gasteiger partial charge on any atom is -0.395 e. The van der Waals surface area contributed by atoms with Gasteiger partial charge in [0.2, 0.25) is 0 Å². The third kappa shape index (κ3) is 3.02. The van der Waals surface area contributed by atoms with E-state index in [9.17, 15) is 0 Å². The Balaban J connectivity index is 3.99. The van der Waals surface area contributed by atoms with Gasteiger partial charge in [0.05, 0.1) is 25.4 Å². The Hall–Kier alpha value is -0.240. The van der Waals surface area contributed by atoms with Gasteiger partial charge in [0, 0.05) is 0 Å². The van der Waals surface area contributed by atoms with Crippen LogP contribution in [-0.4, -0.2) is 63.1 Å². The summed E-state index contributed by atoms with van der Waals surface area (Å²) in [4.78, 5) is 0. The normalized spacial score (nSPS) is 21.5. The lowest BCUT2D eigenvalue weighted by molar-refractivity contribution is -0.0873. The highest BCUT2D eigenvalue weighted by molar-refractivity contribution is 4.82. The van der Waals surface area contributed by atoms with Gasteiger partial charge in [0.25, 0.3) is 0 Å². The van der Waals surface area contributed by atoms with Gasteiger partial charge in [-0.1, -0.05) is 0 Å². The van der Waals surface area contributed by atoms with E-state index in [-0.39, 0.29) is 0 Å². The van der Waals surface area contributed by atoms with Gasteiger partial charge < -0.3 is 31.3 Å². The molecule has 0 bridgehead atoms. The summed E-state index contributed by atoms with van der Waals surface area (Å²) in [5.41, 5.74) is 5.16. The van der Waals surface area contributed by atoms with Gasteiger partial charge >= 0.3 is 0 Å². The highest BCUT2D eigenvalue weighted by Gasteiger charge is 2.28. The number of aliphatic hydroxyl groups excluding tert-OH is 5. The van der Waals surface area contributed by atoms with Crippen LogP contribution in [-0.2, 0) is 0 Å². The monoisotopic (exact) mass is 181 g/mol. The minimum absolute atomic E-state index is 0.504. The van der Waals surface area contributed by atoms with E-state index in [0.29, 0.717) is 0 Å². The average Bonchev–Trinajstić information content (AvgIpc) is 2.12. The van der Waals surface area contributed by atoms with Crippen molar-refractivity contribution in [3.8, 4) is 0 Å². The molecule has 0 unspecified atom stereocenters. The number of nitrogens with two attached hydrogens (primary N) is 1. The molecule has 4 atom stereocenters. The molecule has 0 aromatic heterocycles. The fraction of sp³-hybridized carbons (Fsp3) is 1.00. The van der Waals surface area contributed by atoms with Crippen LogP contribution in [0.3, 0.4) is 0 Å². The molecule has 0 aliphatic carbocycles. The fourth-order valence-electron chi connectivity index (χ4n) is 0.697. The summed E-state index contributed by atoms with van der Waals surface area (Å²) in [5, 5.41) is 43.8. The molecule has 0 aliphatic heterocycles. The number of hydrogen-bond acceptors (Lipinski definition) is 6. The molecular formula is C6H15NO5. The summed E-state index contributed by atoms with van der Waals surface area (Å²) in [6.07, 6.45) is -4.44. The second kappa shape index (κ2) is 5.41. The molecule has 6 nitrogen and oxygen atoms in total. The Morgan fingerprint density at radius 1 is 0.917 bits per heavy atom. The van der Waals surface area contributed by atoms with Gasteiger partial charge in [0.15, 0.2) is 0 Å². The van der Waals surface area contributed by atoms with Crippen molar-refractivity contribution in [2.75, 3.05) is 13.2 Å². The van der Waals surface area contributed by atoms with Crippen LogP contribution in [0.2, 0.25) is 0 Å². The van der Waals surface area contributed by atoms with E-state index >= 15 is 0 Å². The minimum atomic E-state index is -1.54. The maximum atomic E-state index is 9.08. The van der Waals surface area contributed by atoms with Gasteiger partial charge in [-0.25, -0.2) is 0 Å². The van der Waals surface area contributed by atoms with E-state index in [1.54, 1.807) is 0 Å². The second-order valence-electron chi connectivity index (χ2n) is 2.58. The Kier molecular flexibility index (Phi) is 5.31. The Morgan fingerprint density at radius 3 is 1.75 bits per heavy atom. The molecule has 0 fully saturated rings. The van der Waals surface area contributed by atoms with Crippen LogP contribution >= 0.6 is 0 Å². The molecule has 0 radical (unpaired) electrons. The third-order valence-electron chi connectivity index (χ3n) is 1.58. The summed E-state index contributed by atoms with van der Waals surface area (Å²) in [5.74, 6) is 0. The molecule has 0 aromatic carbocycles. The summed E-state index contributed by atoms with van der Waals surface area (Å²) in [7, 11) is 0. The van der Waals surface area contributed by atoms with Crippen molar-refractivity contribution >= 4 is 0 Å². The zero-order chi connectivity index (χ0) is 9.72. The van der Waals surface area contributed by atoms with Crippen molar-refractivity contribution in [2.24, 2.45) is 5.73 Å². The van der Waals surface area contributed by atoms with E-state index in [2.05, 4.69) is 0 Å². The van der Waals surface area contributed by atoms with Crippen molar-refractivity contribution in [3.63, 3.8) is 0 Å².